The molecule has 5 rings (SSSR count). The molecule has 0 unspecified atom stereocenters. The summed E-state index contributed by atoms with van der Waals surface area (Å²) < 4.78 is 0. The second-order valence-corrected chi connectivity index (χ2v) is 23.5. The summed E-state index contributed by atoms with van der Waals surface area (Å²) in [6.07, 6.45) is -0.246. The van der Waals surface area contributed by atoms with Crippen molar-refractivity contribution in [2.45, 2.75) is 138 Å². The molecule has 10 atom stereocenters. The van der Waals surface area contributed by atoms with Crippen molar-refractivity contribution in [2.75, 3.05) is 45.9 Å². The number of β-amino-alcohol motifs (C(OH)–C–C–N with tert-alkyl or cyclic N) is 1. The van der Waals surface area contributed by atoms with E-state index in [4.69, 9.17) is 40.1 Å². The van der Waals surface area contributed by atoms with Gasteiger partial charge in [-0.2, -0.15) is 0 Å². The fourth-order valence-electron chi connectivity index (χ4n) is 9.99. The van der Waals surface area contributed by atoms with Crippen LogP contribution in [0.1, 0.15) is 73.1 Å². The summed E-state index contributed by atoms with van der Waals surface area (Å²) >= 11 is 2.54. The van der Waals surface area contributed by atoms with Crippen LogP contribution in [0, 0.1) is 0 Å². The molecular weight excluding hydrogens is 1210 g/mol. The first-order valence-electron chi connectivity index (χ1n) is 29.2. The van der Waals surface area contributed by atoms with Gasteiger partial charge in [-0.1, -0.05) is 42.5 Å². The molecule has 0 bridgehead atoms. The summed E-state index contributed by atoms with van der Waals surface area (Å²) in [7, 11) is 0. The van der Waals surface area contributed by atoms with Gasteiger partial charge in [-0.3, -0.25) is 58.1 Å². The Balaban J connectivity index is 1.25. The van der Waals surface area contributed by atoms with Crippen LogP contribution in [0.3, 0.4) is 0 Å². The van der Waals surface area contributed by atoms with Crippen LogP contribution in [-0.2, 0) is 67.2 Å². The second kappa shape index (κ2) is 36.5. The summed E-state index contributed by atoms with van der Waals surface area (Å²) in [4.78, 5) is 154. The minimum absolute atomic E-state index is 0.0182. The standard InChI is InChI=1S/C56H83N19O13S2/c57-35(14-4-18-64-54(58)59)45(79)69-36(15-5-19-65-55(60)61)51(85)75-29-32(77)25-43(75)52(86)74-21-7-17-42(74)50(84)67-28-44(78)68-39(26-33-12-8-22-89-33)47(81)73-41(30-76)49(83)71-38(24-31-10-2-1-3-11-31)46(80)72-40(27-34-13-9-23-90-34)48(82)70-37(53(87)88)16-6-20-66-56(62)63/h1-3,8-13,22-23,32,35-43,76-77H,4-7,14-21,24-30,57H2,(H,67,84)(H,68,78)(H,69,79)(H,70,82)(H,71,83)(H,72,80)(H,73,81)(H,87,88)(H4,58,59,64)(H4,60,61,65)(H4,62,63,66)/t32-,35-,36+,37+,38-,39+,40+,41+,42+,43+/m1/s1. The molecule has 0 aliphatic carbocycles. The van der Waals surface area contributed by atoms with Gasteiger partial charge in [-0.25, -0.2) is 4.79 Å². The Morgan fingerprint density at radius 3 is 1.59 bits per heavy atom. The van der Waals surface area contributed by atoms with Crippen LogP contribution in [0.2, 0.25) is 0 Å². The van der Waals surface area contributed by atoms with E-state index < -0.39 is 133 Å². The molecule has 492 valence electrons. The number of rotatable bonds is 36. The summed E-state index contributed by atoms with van der Waals surface area (Å²) in [6, 6.07) is 3.33. The molecule has 2 aliphatic rings. The molecule has 2 saturated heterocycles. The zero-order valence-corrected chi connectivity index (χ0v) is 51.2. The maximum Gasteiger partial charge on any atom is 0.326 e. The Hall–Kier alpha value is -8.99. The van der Waals surface area contributed by atoms with Crippen LogP contribution >= 0.6 is 22.7 Å². The monoisotopic (exact) mass is 1290 g/mol. The maximum absolute atomic E-state index is 14.4. The van der Waals surface area contributed by atoms with E-state index in [1.807, 2.05) is 0 Å². The van der Waals surface area contributed by atoms with Crippen molar-refractivity contribution in [1.82, 2.24) is 47.0 Å². The highest BCUT2D eigenvalue weighted by atomic mass is 32.1. The van der Waals surface area contributed by atoms with E-state index >= 15 is 0 Å². The SMILES string of the molecule is NC(N)=NCCC[C@@H](N)C(=O)N[C@@H](CCCN=C(N)N)C(=O)N1C[C@H](O)C[C@H]1C(=O)N1CCC[C@H]1C(=O)NCC(=O)N[C@@H](Cc1cccs1)C(=O)N[C@@H](CO)C(=O)N[C@H](Cc1ccccc1)C(=O)N[C@@H](Cc1cccs1)C(=O)N[C@@H](CCCN=C(N)N)C(=O)O. The highest BCUT2D eigenvalue weighted by molar-refractivity contribution is 7.10. The van der Waals surface area contributed by atoms with Crippen LogP contribution in [0.5, 0.6) is 0 Å². The molecule has 2 aromatic heterocycles. The number of carboxylic acids is 1. The predicted octanol–water partition coefficient (Wildman–Crippen LogP) is -5.62. The maximum atomic E-state index is 14.4. The van der Waals surface area contributed by atoms with E-state index in [0.717, 1.165) is 4.90 Å². The molecule has 24 N–H and O–H groups in total. The minimum Gasteiger partial charge on any atom is -0.480 e. The van der Waals surface area contributed by atoms with Gasteiger partial charge in [0.2, 0.25) is 53.2 Å². The number of hydrogen-bond acceptors (Lipinski definition) is 18. The third-order valence-corrected chi connectivity index (χ3v) is 16.3. The summed E-state index contributed by atoms with van der Waals surface area (Å²) in [5.74, 6) is -9.16. The number of carbonyl (C=O) groups is 10. The largest absolute Gasteiger partial charge is 0.480 e. The lowest BCUT2D eigenvalue weighted by atomic mass is 10.0. The van der Waals surface area contributed by atoms with E-state index in [0.29, 0.717) is 28.2 Å². The van der Waals surface area contributed by atoms with Crippen molar-refractivity contribution in [3.8, 4) is 0 Å². The first-order valence-corrected chi connectivity index (χ1v) is 30.9. The quantitative estimate of drug-likeness (QED) is 0.0147. The number of thiophene rings is 2. The van der Waals surface area contributed by atoms with Gasteiger partial charge < -0.3 is 102 Å². The Morgan fingerprint density at radius 2 is 1.07 bits per heavy atom. The summed E-state index contributed by atoms with van der Waals surface area (Å²) in [6.45, 7) is -1.48. The van der Waals surface area contributed by atoms with E-state index in [2.05, 4.69) is 52.2 Å². The number of nitrogens with zero attached hydrogens (tertiary/aromatic N) is 5. The number of aliphatic hydroxyl groups excluding tert-OH is 2. The molecule has 34 heteroatoms. The number of aliphatic hydroxyl groups is 2. The van der Waals surface area contributed by atoms with Gasteiger partial charge in [-0.05, 0) is 79.8 Å². The van der Waals surface area contributed by atoms with Gasteiger partial charge in [0.15, 0.2) is 17.9 Å². The number of aliphatic imine (C=N–C) groups is 3. The van der Waals surface area contributed by atoms with Crippen LogP contribution in [0.4, 0.5) is 0 Å². The van der Waals surface area contributed by atoms with E-state index in [9.17, 15) is 63.3 Å². The Morgan fingerprint density at radius 1 is 0.578 bits per heavy atom. The van der Waals surface area contributed by atoms with Gasteiger partial charge >= 0.3 is 5.97 Å². The number of carboxylic acid groups (broad SMARTS) is 1. The average molecular weight is 1290 g/mol. The molecule has 3 aromatic rings. The van der Waals surface area contributed by atoms with Crippen LogP contribution < -0.4 is 77.4 Å². The smallest absolute Gasteiger partial charge is 0.326 e. The van der Waals surface area contributed by atoms with Crippen LogP contribution in [-0.4, -0.2) is 208 Å². The molecule has 4 heterocycles. The fraction of sp³-hybridized carbons (Fsp3) is 0.518. The van der Waals surface area contributed by atoms with Gasteiger partial charge in [-0.15, -0.1) is 22.7 Å². The first-order chi connectivity index (χ1) is 42.9. The minimum atomic E-state index is -1.72. The average Bonchev–Trinajstić information content (AvgIpc) is 1.68. The molecule has 2 fully saturated rings. The third-order valence-electron chi connectivity index (χ3n) is 14.5. The number of likely N-dealkylation sites (tertiary alicyclic amines) is 2. The Bertz CT molecular complexity index is 2980. The van der Waals surface area contributed by atoms with Gasteiger partial charge in [0, 0.05) is 68.2 Å². The lowest BCUT2D eigenvalue weighted by molar-refractivity contribution is -0.148. The van der Waals surface area contributed by atoms with Crippen LogP contribution in [0.15, 0.2) is 80.3 Å². The topological polar surface area (TPSA) is 541 Å². The van der Waals surface area contributed by atoms with Crippen molar-refractivity contribution in [2.24, 2.45) is 55.1 Å². The van der Waals surface area contributed by atoms with Gasteiger partial charge in [0.05, 0.1) is 25.3 Å². The van der Waals surface area contributed by atoms with Crippen molar-refractivity contribution < 1.29 is 63.3 Å². The molecule has 32 nitrogen and oxygen atoms in total. The molecule has 1 aromatic carbocycles. The number of carbonyl (C=O) groups excluding carboxylic acids is 9. The molecule has 0 saturated carbocycles. The van der Waals surface area contributed by atoms with Crippen molar-refractivity contribution in [3.05, 3.63) is 80.7 Å². The highest BCUT2D eigenvalue weighted by Gasteiger charge is 2.46. The number of guanidine groups is 3. The van der Waals surface area contributed by atoms with Gasteiger partial charge in [0.1, 0.15) is 48.3 Å². The third kappa shape index (κ3) is 23.5. The molecule has 0 radical (unpaired) electrons. The normalized spacial score (nSPS) is 17.5. The summed E-state index contributed by atoms with van der Waals surface area (Å²) in [5, 5.41) is 52.8. The molecule has 9 amide bonds. The molecule has 2 aliphatic heterocycles. The molecule has 90 heavy (non-hydrogen) atoms. The zero-order chi connectivity index (χ0) is 65.9. The van der Waals surface area contributed by atoms with Crippen molar-refractivity contribution in [1.29, 1.82) is 0 Å². The highest BCUT2D eigenvalue weighted by Crippen LogP contribution is 2.27. The second-order valence-electron chi connectivity index (χ2n) is 21.5. The Kier molecular flexibility index (Phi) is 29.1. The Labute approximate surface area is 527 Å². The number of nitrogens with one attached hydrogen (secondary N) is 7. The number of nitrogens with two attached hydrogens (primary N) is 7. The summed E-state index contributed by atoms with van der Waals surface area (Å²) in [5.41, 5.74) is 39.2. The lowest BCUT2D eigenvalue weighted by Crippen LogP contribution is -2.60. The van der Waals surface area contributed by atoms with Crippen molar-refractivity contribution >= 4 is 99.7 Å². The van der Waals surface area contributed by atoms with E-state index in [1.54, 1.807) is 65.4 Å². The number of benzene rings is 1. The number of aliphatic carboxylic acids is 1. The van der Waals surface area contributed by atoms with E-state index in [1.165, 1.54) is 27.6 Å². The number of hydrogen-bond donors (Lipinski definition) is 17. The van der Waals surface area contributed by atoms with Crippen molar-refractivity contribution in [3.63, 3.8) is 0 Å². The lowest BCUT2D eigenvalue weighted by Gasteiger charge is -2.33. The molecular formula is C56H83N19O13S2. The first kappa shape index (κ1) is 71.8. The van der Waals surface area contributed by atoms with Crippen LogP contribution in [0.25, 0.3) is 0 Å². The van der Waals surface area contributed by atoms with Gasteiger partial charge in [0.25, 0.3) is 0 Å². The predicted molar refractivity (Wildman–Crippen MR) is 334 cm³/mol. The van der Waals surface area contributed by atoms with E-state index in [-0.39, 0.29) is 115 Å². The fourth-order valence-corrected chi connectivity index (χ4v) is 11.5. The zero-order valence-electron chi connectivity index (χ0n) is 49.6. The molecule has 0 spiro atoms. The number of amides is 9.